The maximum Gasteiger partial charge on any atom is 0.255 e. The molecule has 1 aromatic heterocycles. The lowest BCUT2D eigenvalue weighted by Crippen LogP contribution is -2.48. The van der Waals surface area contributed by atoms with Gasteiger partial charge in [-0.3, -0.25) is 9.78 Å². The predicted octanol–water partition coefficient (Wildman–Crippen LogP) is 3.51. The van der Waals surface area contributed by atoms with Gasteiger partial charge < -0.3 is 19.9 Å². The van der Waals surface area contributed by atoms with E-state index in [-0.39, 0.29) is 5.91 Å². The molecule has 1 N–H and O–H groups in total. The first-order valence-electron chi connectivity index (χ1n) is 9.94. The van der Waals surface area contributed by atoms with Crippen LogP contribution in [0.25, 0.3) is 0 Å². The van der Waals surface area contributed by atoms with Crippen molar-refractivity contribution < 1.29 is 9.53 Å². The summed E-state index contributed by atoms with van der Waals surface area (Å²) in [6.07, 6.45) is 4.52. The Bertz CT molecular complexity index is 768. The number of ether oxygens (including phenoxy) is 1. The van der Waals surface area contributed by atoms with Crippen LogP contribution in [0.3, 0.4) is 0 Å². The summed E-state index contributed by atoms with van der Waals surface area (Å²) in [5.41, 5.74) is 2.71. The molecule has 150 valence electrons. The Hall–Kier alpha value is -2.76. The van der Waals surface area contributed by atoms with Gasteiger partial charge in [-0.15, -0.1) is 0 Å². The molecule has 1 fully saturated rings. The average Bonchev–Trinajstić information content (AvgIpc) is 2.73. The number of methoxy groups -OCH3 is 1. The highest BCUT2D eigenvalue weighted by Crippen LogP contribution is 2.21. The molecule has 0 saturated carbocycles. The Morgan fingerprint density at radius 2 is 1.86 bits per heavy atom. The molecule has 1 amide bonds. The summed E-state index contributed by atoms with van der Waals surface area (Å²) in [6.45, 7) is 8.33. The molecule has 1 saturated heterocycles. The minimum atomic E-state index is 0.0504. The molecule has 0 radical (unpaired) electrons. The van der Waals surface area contributed by atoms with E-state index in [9.17, 15) is 4.79 Å². The quantitative estimate of drug-likeness (QED) is 0.794. The smallest absolute Gasteiger partial charge is 0.255 e. The number of benzene rings is 1. The SMILES string of the molecule is COc1ccc(N2CCN(C(=O)c3cncc(NCCC(C)C)c3)CC2)cc1. The molecule has 6 heteroatoms. The molecule has 0 atom stereocenters. The third-order valence-corrected chi connectivity index (χ3v) is 5.04. The molecular weight excluding hydrogens is 352 g/mol. The first kappa shape index (κ1) is 20.0. The fourth-order valence-corrected chi connectivity index (χ4v) is 3.30. The van der Waals surface area contributed by atoms with Crippen molar-refractivity contribution in [2.75, 3.05) is 50.1 Å². The number of pyridine rings is 1. The van der Waals surface area contributed by atoms with Crippen LogP contribution in [0, 0.1) is 5.92 Å². The summed E-state index contributed by atoms with van der Waals surface area (Å²) >= 11 is 0. The van der Waals surface area contributed by atoms with E-state index >= 15 is 0 Å². The Morgan fingerprint density at radius 1 is 1.14 bits per heavy atom. The van der Waals surface area contributed by atoms with Crippen LogP contribution in [-0.4, -0.2) is 55.6 Å². The van der Waals surface area contributed by atoms with Crippen molar-refractivity contribution in [2.45, 2.75) is 20.3 Å². The third-order valence-electron chi connectivity index (χ3n) is 5.04. The second kappa shape index (κ2) is 9.44. The minimum Gasteiger partial charge on any atom is -0.497 e. The predicted molar refractivity (Wildman–Crippen MR) is 113 cm³/mol. The Morgan fingerprint density at radius 3 is 2.50 bits per heavy atom. The molecule has 0 spiro atoms. The van der Waals surface area contributed by atoms with Gasteiger partial charge in [0, 0.05) is 50.8 Å². The van der Waals surface area contributed by atoms with Crippen molar-refractivity contribution in [3.63, 3.8) is 0 Å². The van der Waals surface area contributed by atoms with Crippen LogP contribution in [0.5, 0.6) is 5.75 Å². The maximum atomic E-state index is 12.9. The second-order valence-corrected chi connectivity index (χ2v) is 7.55. The van der Waals surface area contributed by atoms with Crippen LogP contribution < -0.4 is 15.0 Å². The van der Waals surface area contributed by atoms with Crippen LogP contribution in [0.4, 0.5) is 11.4 Å². The molecular formula is C22H30N4O2. The fraction of sp³-hybridized carbons (Fsp3) is 0.455. The molecule has 1 aliphatic rings. The first-order valence-corrected chi connectivity index (χ1v) is 9.94. The van der Waals surface area contributed by atoms with Gasteiger partial charge in [-0.25, -0.2) is 0 Å². The molecule has 2 heterocycles. The minimum absolute atomic E-state index is 0.0504. The van der Waals surface area contributed by atoms with Crippen molar-refractivity contribution in [2.24, 2.45) is 5.92 Å². The molecule has 0 aliphatic carbocycles. The van der Waals surface area contributed by atoms with Crippen LogP contribution in [0.1, 0.15) is 30.6 Å². The number of aromatic nitrogens is 1. The van der Waals surface area contributed by atoms with Crippen molar-refractivity contribution in [3.05, 3.63) is 48.3 Å². The van der Waals surface area contributed by atoms with E-state index < -0.39 is 0 Å². The molecule has 28 heavy (non-hydrogen) atoms. The summed E-state index contributed by atoms with van der Waals surface area (Å²) in [7, 11) is 1.67. The van der Waals surface area contributed by atoms with Gasteiger partial charge in [-0.05, 0) is 42.7 Å². The number of hydrogen-bond acceptors (Lipinski definition) is 5. The van der Waals surface area contributed by atoms with E-state index in [2.05, 4.69) is 41.2 Å². The van der Waals surface area contributed by atoms with E-state index in [1.807, 2.05) is 23.1 Å². The third kappa shape index (κ3) is 5.15. The Kier molecular flexibility index (Phi) is 6.74. The van der Waals surface area contributed by atoms with Gasteiger partial charge in [0.2, 0.25) is 0 Å². The van der Waals surface area contributed by atoms with Crippen molar-refractivity contribution in [3.8, 4) is 5.75 Å². The Balaban J connectivity index is 1.55. The lowest BCUT2D eigenvalue weighted by atomic mass is 10.1. The van der Waals surface area contributed by atoms with Crippen molar-refractivity contribution >= 4 is 17.3 Å². The number of amides is 1. The number of nitrogens with zero attached hydrogens (tertiary/aromatic N) is 3. The van der Waals surface area contributed by atoms with Gasteiger partial charge in [0.05, 0.1) is 18.4 Å². The zero-order valence-electron chi connectivity index (χ0n) is 17.0. The molecule has 6 nitrogen and oxygen atoms in total. The standard InChI is InChI=1S/C22H30N4O2/c1-17(2)8-9-24-19-14-18(15-23-16-19)22(27)26-12-10-25(11-13-26)20-4-6-21(28-3)7-5-20/h4-7,14-17,24H,8-13H2,1-3H3. The number of anilines is 2. The highest BCUT2D eigenvalue weighted by molar-refractivity contribution is 5.95. The lowest BCUT2D eigenvalue weighted by molar-refractivity contribution is 0.0746. The van der Waals surface area contributed by atoms with E-state index in [0.717, 1.165) is 43.2 Å². The highest BCUT2D eigenvalue weighted by atomic mass is 16.5. The second-order valence-electron chi connectivity index (χ2n) is 7.55. The van der Waals surface area contributed by atoms with Gasteiger partial charge >= 0.3 is 0 Å². The topological polar surface area (TPSA) is 57.7 Å². The van der Waals surface area contributed by atoms with E-state index in [1.54, 1.807) is 19.5 Å². The number of carbonyl (C=O) groups excluding carboxylic acids is 1. The zero-order valence-corrected chi connectivity index (χ0v) is 17.0. The summed E-state index contributed by atoms with van der Waals surface area (Å²) in [4.78, 5) is 21.3. The molecule has 2 aromatic rings. The zero-order chi connectivity index (χ0) is 19.9. The van der Waals surface area contributed by atoms with Crippen molar-refractivity contribution in [1.82, 2.24) is 9.88 Å². The van der Waals surface area contributed by atoms with Gasteiger partial charge in [0.15, 0.2) is 0 Å². The van der Waals surface area contributed by atoms with Gasteiger partial charge in [-0.2, -0.15) is 0 Å². The number of nitrogens with one attached hydrogen (secondary N) is 1. The lowest BCUT2D eigenvalue weighted by Gasteiger charge is -2.36. The highest BCUT2D eigenvalue weighted by Gasteiger charge is 2.22. The van der Waals surface area contributed by atoms with Gasteiger partial charge in [-0.1, -0.05) is 13.8 Å². The average molecular weight is 383 g/mol. The molecule has 1 aromatic carbocycles. The van der Waals surface area contributed by atoms with Crippen LogP contribution in [0.15, 0.2) is 42.7 Å². The maximum absolute atomic E-state index is 12.9. The number of rotatable bonds is 7. The van der Waals surface area contributed by atoms with Gasteiger partial charge in [0.1, 0.15) is 5.75 Å². The van der Waals surface area contributed by atoms with Crippen LogP contribution >= 0.6 is 0 Å². The fourth-order valence-electron chi connectivity index (χ4n) is 3.30. The summed E-state index contributed by atoms with van der Waals surface area (Å²) < 4.78 is 5.22. The number of carbonyl (C=O) groups is 1. The summed E-state index contributed by atoms with van der Waals surface area (Å²) in [5, 5.41) is 3.36. The van der Waals surface area contributed by atoms with E-state index in [4.69, 9.17) is 4.74 Å². The van der Waals surface area contributed by atoms with Gasteiger partial charge in [0.25, 0.3) is 5.91 Å². The normalized spacial score (nSPS) is 14.3. The first-order chi connectivity index (χ1) is 13.6. The molecule has 0 unspecified atom stereocenters. The number of piperazine rings is 1. The van der Waals surface area contributed by atoms with Crippen molar-refractivity contribution in [1.29, 1.82) is 0 Å². The molecule has 0 bridgehead atoms. The number of hydrogen-bond donors (Lipinski definition) is 1. The summed E-state index contributed by atoms with van der Waals surface area (Å²) in [5.74, 6) is 1.55. The summed E-state index contributed by atoms with van der Waals surface area (Å²) in [6, 6.07) is 9.97. The molecule has 3 rings (SSSR count). The Labute approximate surface area is 167 Å². The van der Waals surface area contributed by atoms with Crippen LogP contribution in [-0.2, 0) is 0 Å². The molecule has 1 aliphatic heterocycles. The monoisotopic (exact) mass is 382 g/mol. The van der Waals surface area contributed by atoms with Crippen LogP contribution in [0.2, 0.25) is 0 Å². The van der Waals surface area contributed by atoms with E-state index in [0.29, 0.717) is 24.6 Å². The van der Waals surface area contributed by atoms with E-state index in [1.165, 1.54) is 0 Å². The largest absolute Gasteiger partial charge is 0.497 e.